The minimum Gasteiger partial charge on any atom is -0.395 e. The van der Waals surface area contributed by atoms with Gasteiger partial charge in [0.25, 0.3) is 0 Å². The summed E-state index contributed by atoms with van der Waals surface area (Å²) in [4.78, 5) is 2.15. The van der Waals surface area contributed by atoms with E-state index in [4.69, 9.17) is 11.1 Å². The molecule has 2 aromatic rings. The van der Waals surface area contributed by atoms with Crippen LogP contribution in [0.25, 0.3) is 0 Å². The summed E-state index contributed by atoms with van der Waals surface area (Å²) in [6.07, 6.45) is 0. The normalized spacial score (nSPS) is 10.8. The number of hydrogen-bond donors (Lipinski definition) is 3. The first-order valence-corrected chi connectivity index (χ1v) is 7.00. The number of nitrogens with zero attached hydrogens (tertiary/aromatic N) is 1. The van der Waals surface area contributed by atoms with Crippen LogP contribution in [-0.4, -0.2) is 29.0 Å². The van der Waals surface area contributed by atoms with Crippen LogP contribution >= 0.6 is 0 Å². The van der Waals surface area contributed by atoms with Gasteiger partial charge in [-0.25, -0.2) is 0 Å². The highest BCUT2D eigenvalue weighted by atomic mass is 16.3. The Balaban J connectivity index is 2.15. The highest BCUT2D eigenvalue weighted by molar-refractivity contribution is 5.96. The molecule has 0 unspecified atom stereocenters. The molecule has 0 amide bonds. The molecule has 0 saturated carbocycles. The van der Waals surface area contributed by atoms with Crippen LogP contribution in [0, 0.1) is 5.41 Å². The van der Waals surface area contributed by atoms with Crippen molar-refractivity contribution in [2.45, 2.75) is 13.1 Å². The maximum absolute atomic E-state index is 9.26. The Morgan fingerprint density at radius 2 is 1.67 bits per heavy atom. The fourth-order valence-corrected chi connectivity index (χ4v) is 2.36. The van der Waals surface area contributed by atoms with Crippen molar-refractivity contribution in [3.05, 3.63) is 71.3 Å². The quantitative estimate of drug-likeness (QED) is 0.537. The molecule has 0 atom stereocenters. The van der Waals surface area contributed by atoms with Crippen LogP contribution < -0.4 is 5.73 Å². The molecule has 2 aromatic carbocycles. The largest absolute Gasteiger partial charge is 0.395 e. The van der Waals surface area contributed by atoms with Crippen molar-refractivity contribution in [3.63, 3.8) is 0 Å². The van der Waals surface area contributed by atoms with Crippen LogP contribution in [0.3, 0.4) is 0 Å². The molecule has 0 radical (unpaired) electrons. The monoisotopic (exact) mass is 283 g/mol. The molecule has 21 heavy (non-hydrogen) atoms. The molecule has 0 aliphatic carbocycles. The summed E-state index contributed by atoms with van der Waals surface area (Å²) in [6.45, 7) is 2.11. The van der Waals surface area contributed by atoms with Crippen molar-refractivity contribution >= 4 is 5.84 Å². The van der Waals surface area contributed by atoms with Crippen molar-refractivity contribution in [2.24, 2.45) is 5.73 Å². The van der Waals surface area contributed by atoms with E-state index in [-0.39, 0.29) is 12.4 Å². The number of nitrogens with one attached hydrogen (secondary N) is 1. The van der Waals surface area contributed by atoms with E-state index < -0.39 is 0 Å². The molecule has 0 spiro atoms. The predicted octanol–water partition coefficient (Wildman–Crippen LogP) is 1.97. The van der Waals surface area contributed by atoms with Gasteiger partial charge in [0.2, 0.25) is 0 Å². The zero-order valence-electron chi connectivity index (χ0n) is 12.0. The molecule has 110 valence electrons. The second kappa shape index (κ2) is 7.57. The van der Waals surface area contributed by atoms with Crippen molar-refractivity contribution in [1.82, 2.24) is 4.90 Å². The number of amidine groups is 1. The molecule has 4 nitrogen and oxygen atoms in total. The fraction of sp³-hybridized carbons (Fsp3) is 0.235. The first kappa shape index (κ1) is 15.2. The van der Waals surface area contributed by atoms with E-state index in [1.807, 2.05) is 42.5 Å². The first-order valence-electron chi connectivity index (χ1n) is 7.00. The van der Waals surface area contributed by atoms with Crippen LogP contribution in [-0.2, 0) is 13.1 Å². The topological polar surface area (TPSA) is 73.3 Å². The third kappa shape index (κ3) is 4.41. The van der Waals surface area contributed by atoms with Crippen LogP contribution in [0.4, 0.5) is 0 Å². The summed E-state index contributed by atoms with van der Waals surface area (Å²) in [6, 6.07) is 17.8. The molecule has 0 fully saturated rings. The van der Waals surface area contributed by atoms with Crippen molar-refractivity contribution < 1.29 is 5.11 Å². The van der Waals surface area contributed by atoms with E-state index in [2.05, 4.69) is 17.0 Å². The third-order valence-corrected chi connectivity index (χ3v) is 3.37. The van der Waals surface area contributed by atoms with Gasteiger partial charge < -0.3 is 10.8 Å². The fourth-order valence-electron chi connectivity index (χ4n) is 2.36. The zero-order valence-corrected chi connectivity index (χ0v) is 12.0. The maximum Gasteiger partial charge on any atom is 0.123 e. The highest BCUT2D eigenvalue weighted by Crippen LogP contribution is 2.13. The number of aliphatic hydroxyl groups excluding tert-OH is 1. The van der Waals surface area contributed by atoms with Gasteiger partial charge >= 0.3 is 0 Å². The summed E-state index contributed by atoms with van der Waals surface area (Å²) in [7, 11) is 0. The second-order valence-electron chi connectivity index (χ2n) is 4.99. The van der Waals surface area contributed by atoms with Crippen molar-refractivity contribution in [3.8, 4) is 0 Å². The van der Waals surface area contributed by atoms with E-state index in [1.54, 1.807) is 0 Å². The van der Waals surface area contributed by atoms with Gasteiger partial charge in [0, 0.05) is 25.2 Å². The summed E-state index contributed by atoms with van der Waals surface area (Å²) in [5.41, 5.74) is 8.60. The average Bonchev–Trinajstić information content (AvgIpc) is 2.49. The van der Waals surface area contributed by atoms with Gasteiger partial charge in [0.05, 0.1) is 6.61 Å². The Kier molecular flexibility index (Phi) is 5.49. The lowest BCUT2D eigenvalue weighted by Gasteiger charge is -2.22. The minimum atomic E-state index is 0.0780. The van der Waals surface area contributed by atoms with Gasteiger partial charge in [0.1, 0.15) is 5.84 Å². The predicted molar refractivity (Wildman–Crippen MR) is 85.1 cm³/mol. The molecular formula is C17H21N3O. The van der Waals surface area contributed by atoms with Gasteiger partial charge in [-0.1, -0.05) is 54.6 Å². The summed E-state index contributed by atoms with van der Waals surface area (Å²) < 4.78 is 0. The van der Waals surface area contributed by atoms with E-state index in [0.717, 1.165) is 17.7 Å². The molecule has 0 bridgehead atoms. The number of hydrogen-bond acceptors (Lipinski definition) is 3. The highest BCUT2D eigenvalue weighted by Gasteiger charge is 2.10. The Labute approximate surface area is 125 Å². The molecule has 0 saturated heterocycles. The number of benzene rings is 2. The Morgan fingerprint density at radius 1 is 1.00 bits per heavy atom. The SMILES string of the molecule is N=C(N)c1ccccc1CN(CCO)Cc1ccccc1. The zero-order chi connectivity index (χ0) is 15.1. The third-order valence-electron chi connectivity index (χ3n) is 3.37. The first-order chi connectivity index (χ1) is 10.2. The summed E-state index contributed by atoms with van der Waals surface area (Å²) in [5, 5.41) is 16.9. The van der Waals surface area contributed by atoms with Gasteiger partial charge in [-0.05, 0) is 11.1 Å². The van der Waals surface area contributed by atoms with Crippen LogP contribution in [0.1, 0.15) is 16.7 Å². The van der Waals surface area contributed by atoms with Gasteiger partial charge in [0.15, 0.2) is 0 Å². The molecule has 0 heterocycles. The molecular weight excluding hydrogens is 262 g/mol. The lowest BCUT2D eigenvalue weighted by atomic mass is 10.1. The van der Waals surface area contributed by atoms with Gasteiger partial charge in [-0.3, -0.25) is 10.3 Å². The summed E-state index contributed by atoms with van der Waals surface area (Å²) in [5.74, 6) is 0.0780. The lowest BCUT2D eigenvalue weighted by molar-refractivity contribution is 0.184. The Morgan fingerprint density at radius 3 is 2.33 bits per heavy atom. The van der Waals surface area contributed by atoms with Gasteiger partial charge in [-0.2, -0.15) is 0 Å². The van der Waals surface area contributed by atoms with E-state index >= 15 is 0 Å². The smallest absolute Gasteiger partial charge is 0.123 e. The molecule has 0 aliphatic rings. The lowest BCUT2D eigenvalue weighted by Crippen LogP contribution is -2.27. The average molecular weight is 283 g/mol. The number of aliphatic hydroxyl groups is 1. The maximum atomic E-state index is 9.26. The van der Waals surface area contributed by atoms with Gasteiger partial charge in [-0.15, -0.1) is 0 Å². The Bertz CT molecular complexity index is 584. The number of nitrogens with two attached hydrogens (primary N) is 1. The molecule has 2 rings (SSSR count). The number of rotatable bonds is 7. The van der Waals surface area contributed by atoms with Crippen LogP contribution in [0.5, 0.6) is 0 Å². The molecule has 4 heteroatoms. The molecule has 0 aliphatic heterocycles. The van der Waals surface area contributed by atoms with E-state index in [1.165, 1.54) is 5.56 Å². The van der Waals surface area contributed by atoms with Crippen molar-refractivity contribution in [2.75, 3.05) is 13.2 Å². The minimum absolute atomic E-state index is 0.0780. The van der Waals surface area contributed by atoms with Crippen LogP contribution in [0.15, 0.2) is 54.6 Å². The molecule has 4 N–H and O–H groups in total. The summed E-state index contributed by atoms with van der Waals surface area (Å²) >= 11 is 0. The van der Waals surface area contributed by atoms with E-state index in [0.29, 0.717) is 13.1 Å². The standard InChI is InChI=1S/C17H21N3O/c18-17(19)16-9-5-4-8-15(16)13-20(10-11-21)12-14-6-2-1-3-7-14/h1-9,21H,10-13H2,(H3,18,19). The molecule has 0 aromatic heterocycles. The van der Waals surface area contributed by atoms with Crippen molar-refractivity contribution in [1.29, 1.82) is 5.41 Å². The van der Waals surface area contributed by atoms with E-state index in [9.17, 15) is 5.11 Å². The number of nitrogen functional groups attached to an aromatic ring is 1. The second-order valence-corrected chi connectivity index (χ2v) is 4.99. The Hall–Kier alpha value is -2.17. The van der Waals surface area contributed by atoms with Crippen LogP contribution in [0.2, 0.25) is 0 Å².